The Kier molecular flexibility index (Phi) is 6.90. The molecule has 2 N–H and O–H groups in total. The Balaban J connectivity index is 1.62. The van der Waals surface area contributed by atoms with Gasteiger partial charge in [0.1, 0.15) is 11.8 Å². The van der Waals surface area contributed by atoms with Crippen LogP contribution in [0.25, 0.3) is 0 Å². The number of hydrogen-bond donors (Lipinski definition) is 2. The molecule has 36 heavy (non-hydrogen) atoms. The first-order valence-electron chi connectivity index (χ1n) is 12.2. The zero-order chi connectivity index (χ0) is 25.3. The number of rotatable bonds is 7. The number of methoxy groups -OCH3 is 1. The highest BCUT2D eigenvalue weighted by Crippen LogP contribution is 2.44. The molecular formula is C26H31N5O3S2. The third-order valence-corrected chi connectivity index (χ3v) is 7.84. The molecule has 1 saturated carbocycles. The summed E-state index contributed by atoms with van der Waals surface area (Å²) >= 11 is 5.87. The summed E-state index contributed by atoms with van der Waals surface area (Å²) in [6, 6.07) is 15.7. The second-order valence-electron chi connectivity index (χ2n) is 9.39. The highest BCUT2D eigenvalue weighted by Gasteiger charge is 2.42. The third kappa shape index (κ3) is 4.92. The first kappa shape index (κ1) is 24.6. The Morgan fingerprint density at radius 3 is 2.61 bits per heavy atom. The summed E-state index contributed by atoms with van der Waals surface area (Å²) in [6.07, 6.45) is 11.2. The Morgan fingerprint density at radius 1 is 1.11 bits per heavy atom. The number of sulfonamides is 1. The van der Waals surface area contributed by atoms with Crippen LogP contribution in [0.15, 0.2) is 60.9 Å². The number of thiocarbonyl (C=S) groups is 1. The van der Waals surface area contributed by atoms with Crippen molar-refractivity contribution in [1.82, 2.24) is 14.9 Å². The summed E-state index contributed by atoms with van der Waals surface area (Å²) in [5.74, 6) is 0.436. The van der Waals surface area contributed by atoms with Crippen LogP contribution in [0.4, 0.5) is 11.4 Å². The van der Waals surface area contributed by atoms with Crippen molar-refractivity contribution < 1.29 is 13.2 Å². The maximum absolute atomic E-state index is 12.0. The molecule has 8 nitrogen and oxygen atoms in total. The van der Waals surface area contributed by atoms with Crippen LogP contribution < -0.4 is 19.7 Å². The lowest BCUT2D eigenvalue weighted by Gasteiger charge is -2.32. The van der Waals surface area contributed by atoms with Gasteiger partial charge in [-0.1, -0.05) is 25.3 Å². The van der Waals surface area contributed by atoms with E-state index in [4.69, 9.17) is 17.0 Å². The van der Waals surface area contributed by atoms with Gasteiger partial charge in [-0.25, -0.2) is 8.42 Å². The molecule has 3 aromatic rings. The van der Waals surface area contributed by atoms with Crippen molar-refractivity contribution in [3.63, 3.8) is 0 Å². The first-order valence-corrected chi connectivity index (χ1v) is 14.5. The van der Waals surface area contributed by atoms with Crippen molar-refractivity contribution in [3.05, 3.63) is 72.3 Å². The highest BCUT2D eigenvalue weighted by molar-refractivity contribution is 7.92. The van der Waals surface area contributed by atoms with Crippen LogP contribution in [0.3, 0.4) is 0 Å². The van der Waals surface area contributed by atoms with Gasteiger partial charge in [0.05, 0.1) is 30.8 Å². The maximum atomic E-state index is 12.0. The van der Waals surface area contributed by atoms with Crippen LogP contribution in [0.5, 0.6) is 5.75 Å². The summed E-state index contributed by atoms with van der Waals surface area (Å²) in [7, 11) is -1.99. The summed E-state index contributed by atoms with van der Waals surface area (Å²) in [4.78, 5) is 6.72. The van der Waals surface area contributed by atoms with Crippen molar-refractivity contribution in [2.24, 2.45) is 0 Å². The number of nitrogens with zero attached hydrogens (tertiary/aromatic N) is 3. The summed E-state index contributed by atoms with van der Waals surface area (Å²) < 4.78 is 34.5. The summed E-state index contributed by atoms with van der Waals surface area (Å²) in [6.45, 7) is 0. The number of aromatic nitrogens is 2. The highest BCUT2D eigenvalue weighted by atomic mass is 32.2. The topological polar surface area (TPSA) is 88.5 Å². The molecule has 3 heterocycles. The van der Waals surface area contributed by atoms with Crippen molar-refractivity contribution in [2.45, 2.75) is 50.2 Å². The van der Waals surface area contributed by atoms with Crippen LogP contribution in [0, 0.1) is 0 Å². The Labute approximate surface area is 217 Å². The average Bonchev–Trinajstić information content (AvgIpc) is 3.48. The summed E-state index contributed by atoms with van der Waals surface area (Å²) in [5.41, 5.74) is 3.17. The van der Waals surface area contributed by atoms with E-state index in [1.54, 1.807) is 18.3 Å². The van der Waals surface area contributed by atoms with E-state index in [2.05, 4.69) is 42.8 Å². The van der Waals surface area contributed by atoms with E-state index < -0.39 is 10.0 Å². The normalized spacial score (nSPS) is 20.8. The predicted octanol–water partition coefficient (Wildman–Crippen LogP) is 4.95. The molecule has 10 heteroatoms. The quantitative estimate of drug-likeness (QED) is 0.422. The van der Waals surface area contributed by atoms with Gasteiger partial charge in [0.15, 0.2) is 5.11 Å². The fraction of sp³-hybridized carbons (Fsp3) is 0.385. The van der Waals surface area contributed by atoms with E-state index in [1.807, 2.05) is 24.3 Å². The molecule has 1 aliphatic heterocycles. The van der Waals surface area contributed by atoms with Gasteiger partial charge < -0.3 is 19.5 Å². The van der Waals surface area contributed by atoms with Crippen LogP contribution in [-0.2, 0) is 10.0 Å². The van der Waals surface area contributed by atoms with Gasteiger partial charge in [-0.3, -0.25) is 9.71 Å². The van der Waals surface area contributed by atoms with E-state index in [-0.39, 0.29) is 12.1 Å². The van der Waals surface area contributed by atoms with Gasteiger partial charge >= 0.3 is 0 Å². The molecule has 2 aliphatic rings. The smallest absolute Gasteiger partial charge is 0.229 e. The molecule has 2 unspecified atom stereocenters. The molecule has 5 rings (SSSR count). The molecule has 1 saturated heterocycles. The molecule has 190 valence electrons. The molecule has 2 fully saturated rings. The summed E-state index contributed by atoms with van der Waals surface area (Å²) in [5, 5.41) is 4.05. The van der Waals surface area contributed by atoms with Crippen molar-refractivity contribution in [1.29, 1.82) is 0 Å². The minimum Gasteiger partial charge on any atom is -0.495 e. The molecule has 2 atom stereocenters. The minimum absolute atomic E-state index is 0.177. The maximum Gasteiger partial charge on any atom is 0.229 e. The number of benzene rings is 1. The lowest BCUT2D eigenvalue weighted by molar-refractivity contribution is 0.340. The lowest BCUT2D eigenvalue weighted by Crippen LogP contribution is -2.31. The Bertz CT molecular complexity index is 1340. The predicted molar refractivity (Wildman–Crippen MR) is 146 cm³/mol. The van der Waals surface area contributed by atoms with Gasteiger partial charge in [0, 0.05) is 29.8 Å². The van der Waals surface area contributed by atoms with Gasteiger partial charge in [-0.15, -0.1) is 0 Å². The molecule has 1 aliphatic carbocycles. The number of pyridine rings is 1. The van der Waals surface area contributed by atoms with Crippen molar-refractivity contribution >= 4 is 38.7 Å². The standard InChI is InChI=1S/C26H31N5O3S2/c1-34-23-14-13-19(17-21(23)29-36(2,32)33)31-25(24(28-26(31)35)20-11-6-7-15-27-20)22-12-8-16-30(22)18-9-4-3-5-10-18/h6-8,11-18,24-25,29H,3-5,9-10H2,1-2H3,(H,28,35). The molecule has 1 aromatic carbocycles. The van der Waals surface area contributed by atoms with Gasteiger partial charge in [-0.2, -0.15) is 0 Å². The molecule has 2 aromatic heterocycles. The zero-order valence-electron chi connectivity index (χ0n) is 20.4. The van der Waals surface area contributed by atoms with Crippen molar-refractivity contribution in [2.75, 3.05) is 23.0 Å². The van der Waals surface area contributed by atoms with Gasteiger partial charge in [0.2, 0.25) is 10.0 Å². The van der Waals surface area contributed by atoms with Crippen molar-refractivity contribution in [3.8, 4) is 5.75 Å². The Hall–Kier alpha value is -3.11. The van der Waals surface area contributed by atoms with Crippen LogP contribution >= 0.6 is 12.2 Å². The molecular weight excluding hydrogens is 494 g/mol. The number of hydrogen-bond acceptors (Lipinski definition) is 5. The number of anilines is 2. The van der Waals surface area contributed by atoms with E-state index in [0.717, 1.165) is 36.2 Å². The fourth-order valence-corrected chi connectivity index (χ4v) is 6.31. The number of ether oxygens (including phenoxy) is 1. The van der Waals surface area contributed by atoms with Crippen LogP contribution in [0.1, 0.15) is 61.6 Å². The van der Waals surface area contributed by atoms with Gasteiger partial charge in [0.25, 0.3) is 0 Å². The van der Waals surface area contributed by atoms with Crippen LogP contribution in [-0.4, -0.2) is 36.4 Å². The van der Waals surface area contributed by atoms with E-state index >= 15 is 0 Å². The van der Waals surface area contributed by atoms with E-state index in [1.165, 1.54) is 26.4 Å². The first-order chi connectivity index (χ1) is 17.4. The Morgan fingerprint density at radius 2 is 1.92 bits per heavy atom. The monoisotopic (exact) mass is 525 g/mol. The molecule has 0 radical (unpaired) electrons. The lowest BCUT2D eigenvalue weighted by atomic mass is 9.94. The largest absolute Gasteiger partial charge is 0.495 e. The second-order valence-corrected chi connectivity index (χ2v) is 11.5. The second kappa shape index (κ2) is 10.1. The minimum atomic E-state index is -3.51. The van der Waals surface area contributed by atoms with E-state index in [9.17, 15) is 8.42 Å². The zero-order valence-corrected chi connectivity index (χ0v) is 22.1. The molecule has 0 amide bonds. The third-order valence-electron chi connectivity index (χ3n) is 6.94. The fourth-order valence-electron chi connectivity index (χ4n) is 5.41. The SMILES string of the molecule is COc1ccc(N2C(=S)NC(c3ccccn3)C2c2cccn2C2CCCCC2)cc1NS(C)(=O)=O. The average molecular weight is 526 g/mol. The van der Waals surface area contributed by atoms with E-state index in [0.29, 0.717) is 22.6 Å². The van der Waals surface area contributed by atoms with Gasteiger partial charge in [-0.05, 0) is 67.5 Å². The molecule has 0 spiro atoms. The molecule has 0 bridgehead atoms. The number of nitrogens with one attached hydrogen (secondary N) is 2. The van der Waals surface area contributed by atoms with Crippen LogP contribution in [0.2, 0.25) is 0 Å².